The first-order valence-electron chi connectivity index (χ1n) is 28.9. The first kappa shape index (κ1) is 62.4. The summed E-state index contributed by atoms with van der Waals surface area (Å²) in [5.41, 5.74) is 0. The fourth-order valence-corrected chi connectivity index (χ4v) is 8.89. The number of carbonyl (C=O) groups is 3. The third-order valence-electron chi connectivity index (χ3n) is 13.7. The van der Waals surface area contributed by atoms with Crippen LogP contribution in [0.25, 0.3) is 0 Å². The van der Waals surface area contributed by atoms with Crippen LogP contribution >= 0.6 is 0 Å². The van der Waals surface area contributed by atoms with Crippen molar-refractivity contribution in [1.82, 2.24) is 0 Å². The summed E-state index contributed by atoms with van der Waals surface area (Å²) >= 11 is 0. The minimum atomic E-state index is -0.762. The van der Waals surface area contributed by atoms with Crippen LogP contribution in [0.5, 0.6) is 0 Å². The molecule has 0 radical (unpaired) electrons. The van der Waals surface area contributed by atoms with Crippen LogP contribution < -0.4 is 0 Å². The molecule has 0 aliphatic carbocycles. The van der Waals surface area contributed by atoms with Crippen LogP contribution in [0.2, 0.25) is 0 Å². The van der Waals surface area contributed by atoms with Gasteiger partial charge in [0.15, 0.2) is 6.10 Å². The molecule has 0 rings (SSSR count). The molecule has 0 aromatic heterocycles. The minimum Gasteiger partial charge on any atom is -0.462 e. The Labute approximate surface area is 399 Å². The van der Waals surface area contributed by atoms with Gasteiger partial charge < -0.3 is 14.2 Å². The fourth-order valence-electron chi connectivity index (χ4n) is 8.89. The molecule has 0 fully saturated rings. The van der Waals surface area contributed by atoms with E-state index < -0.39 is 6.10 Å². The molecular formula is C58H112O6. The molecular weight excluding hydrogens is 793 g/mol. The molecule has 0 spiro atoms. The van der Waals surface area contributed by atoms with Gasteiger partial charge in [0.05, 0.1) is 0 Å². The van der Waals surface area contributed by atoms with Crippen molar-refractivity contribution in [2.75, 3.05) is 13.2 Å². The fraction of sp³-hybridized carbons (Fsp3) is 0.948. The molecule has 0 aromatic rings. The maximum absolute atomic E-state index is 12.8. The maximum atomic E-state index is 12.8. The molecule has 6 nitrogen and oxygen atoms in total. The number of carbonyl (C=O) groups excluding carboxylic acids is 3. The molecule has 0 saturated carbocycles. The summed E-state index contributed by atoms with van der Waals surface area (Å²) in [5, 5.41) is 0. The minimum absolute atomic E-state index is 0.0620. The second-order valence-corrected chi connectivity index (χ2v) is 20.2. The van der Waals surface area contributed by atoms with Crippen molar-refractivity contribution >= 4 is 17.9 Å². The number of unbranched alkanes of at least 4 members (excludes halogenated alkanes) is 39. The van der Waals surface area contributed by atoms with E-state index in [1.807, 2.05) is 0 Å². The molecule has 0 bridgehead atoms. The Morgan fingerprint density at radius 3 is 0.812 bits per heavy atom. The van der Waals surface area contributed by atoms with Gasteiger partial charge in [-0.25, -0.2) is 0 Å². The van der Waals surface area contributed by atoms with Crippen molar-refractivity contribution in [2.45, 2.75) is 336 Å². The summed E-state index contributed by atoms with van der Waals surface area (Å²) < 4.78 is 16.9. The van der Waals surface area contributed by atoms with Gasteiger partial charge in [0, 0.05) is 19.3 Å². The zero-order valence-corrected chi connectivity index (χ0v) is 43.8. The van der Waals surface area contributed by atoms with Gasteiger partial charge in [0.2, 0.25) is 0 Å². The van der Waals surface area contributed by atoms with E-state index >= 15 is 0 Å². The van der Waals surface area contributed by atoms with Crippen molar-refractivity contribution in [2.24, 2.45) is 5.92 Å². The topological polar surface area (TPSA) is 78.9 Å². The first-order chi connectivity index (χ1) is 31.4. The Morgan fingerprint density at radius 2 is 0.547 bits per heavy atom. The predicted octanol–water partition coefficient (Wildman–Crippen LogP) is 19.0. The van der Waals surface area contributed by atoms with E-state index in [-0.39, 0.29) is 31.1 Å². The summed E-state index contributed by atoms with van der Waals surface area (Å²) in [7, 11) is 0. The smallest absolute Gasteiger partial charge is 0.306 e. The highest BCUT2D eigenvalue weighted by molar-refractivity contribution is 5.71. The number of ether oxygens (including phenoxy) is 3. The lowest BCUT2D eigenvalue weighted by Crippen LogP contribution is -2.30. The summed E-state index contributed by atoms with van der Waals surface area (Å²) in [6, 6.07) is 0. The lowest BCUT2D eigenvalue weighted by atomic mass is 9.99. The van der Waals surface area contributed by atoms with Crippen LogP contribution in [-0.2, 0) is 28.6 Å². The van der Waals surface area contributed by atoms with Crippen LogP contribution in [0, 0.1) is 5.92 Å². The Kier molecular flexibility index (Phi) is 51.1. The molecule has 0 N–H and O–H groups in total. The predicted molar refractivity (Wildman–Crippen MR) is 275 cm³/mol. The molecule has 380 valence electrons. The summed E-state index contributed by atoms with van der Waals surface area (Å²) in [6.07, 6.45) is 56.5. The van der Waals surface area contributed by atoms with E-state index in [0.29, 0.717) is 19.3 Å². The Morgan fingerprint density at radius 1 is 0.312 bits per heavy atom. The lowest BCUT2D eigenvalue weighted by molar-refractivity contribution is -0.167. The monoisotopic (exact) mass is 905 g/mol. The molecule has 0 saturated heterocycles. The van der Waals surface area contributed by atoms with Gasteiger partial charge in [-0.1, -0.05) is 291 Å². The molecule has 0 aliphatic heterocycles. The van der Waals surface area contributed by atoms with Gasteiger partial charge >= 0.3 is 17.9 Å². The van der Waals surface area contributed by atoms with Crippen LogP contribution in [0.4, 0.5) is 0 Å². The quantitative estimate of drug-likeness (QED) is 0.0344. The molecule has 0 aromatic carbocycles. The van der Waals surface area contributed by atoms with Gasteiger partial charge in [0.1, 0.15) is 13.2 Å². The van der Waals surface area contributed by atoms with Gasteiger partial charge in [-0.2, -0.15) is 0 Å². The van der Waals surface area contributed by atoms with E-state index in [9.17, 15) is 14.4 Å². The SMILES string of the molecule is CCCCCCCCCCCCCCCCCCCC(=O)O[C@H](COC(=O)CCCCCCCCCCCCCCCCC)COC(=O)CCCCCCCCCCCCC(C)CC. The highest BCUT2D eigenvalue weighted by atomic mass is 16.6. The maximum Gasteiger partial charge on any atom is 0.306 e. The van der Waals surface area contributed by atoms with Gasteiger partial charge in [-0.3, -0.25) is 14.4 Å². The summed E-state index contributed by atoms with van der Waals surface area (Å²) in [4.78, 5) is 38.1. The second kappa shape index (κ2) is 52.4. The third kappa shape index (κ3) is 49.8. The van der Waals surface area contributed by atoms with Crippen molar-refractivity contribution < 1.29 is 28.6 Å². The highest BCUT2D eigenvalue weighted by Gasteiger charge is 2.19. The number of rotatable bonds is 53. The molecule has 6 heteroatoms. The van der Waals surface area contributed by atoms with E-state index in [1.165, 1.54) is 225 Å². The van der Waals surface area contributed by atoms with Crippen LogP contribution in [-0.4, -0.2) is 37.2 Å². The van der Waals surface area contributed by atoms with Crippen LogP contribution in [0.3, 0.4) is 0 Å². The van der Waals surface area contributed by atoms with Crippen molar-refractivity contribution in [1.29, 1.82) is 0 Å². The largest absolute Gasteiger partial charge is 0.462 e. The number of hydrogen-bond acceptors (Lipinski definition) is 6. The van der Waals surface area contributed by atoms with Gasteiger partial charge in [0.25, 0.3) is 0 Å². The van der Waals surface area contributed by atoms with Crippen molar-refractivity contribution in [3.8, 4) is 0 Å². The third-order valence-corrected chi connectivity index (χ3v) is 13.7. The zero-order valence-electron chi connectivity index (χ0n) is 43.8. The van der Waals surface area contributed by atoms with E-state index in [1.54, 1.807) is 0 Å². The van der Waals surface area contributed by atoms with Gasteiger partial charge in [-0.15, -0.1) is 0 Å². The highest BCUT2D eigenvalue weighted by Crippen LogP contribution is 2.18. The number of hydrogen-bond donors (Lipinski definition) is 0. The second-order valence-electron chi connectivity index (χ2n) is 20.2. The van der Waals surface area contributed by atoms with E-state index in [4.69, 9.17) is 14.2 Å². The average molecular weight is 906 g/mol. The standard InChI is InChI=1S/C58H112O6/c1-5-8-10-12-14-16-18-20-22-23-25-27-29-35-39-43-47-51-58(61)64-55(53-63-57(60)50-46-42-38-34-31-30-32-36-40-44-48-54(4)7-3)52-62-56(59)49-45-41-37-33-28-26-24-21-19-17-15-13-11-9-6-2/h54-55H,5-53H2,1-4H3/t54?,55-/m1/s1. The normalized spacial score (nSPS) is 12.4. The molecule has 0 heterocycles. The van der Waals surface area contributed by atoms with E-state index in [0.717, 1.165) is 63.7 Å². The average Bonchev–Trinajstić information content (AvgIpc) is 3.29. The Balaban J connectivity index is 4.30. The number of esters is 3. The first-order valence-corrected chi connectivity index (χ1v) is 28.9. The van der Waals surface area contributed by atoms with Crippen LogP contribution in [0.15, 0.2) is 0 Å². The lowest BCUT2D eigenvalue weighted by Gasteiger charge is -2.18. The molecule has 0 aliphatic rings. The van der Waals surface area contributed by atoms with E-state index in [2.05, 4.69) is 27.7 Å². The van der Waals surface area contributed by atoms with Gasteiger partial charge in [-0.05, 0) is 25.2 Å². The molecule has 1 unspecified atom stereocenters. The summed E-state index contributed by atoms with van der Waals surface area (Å²) in [6.45, 7) is 9.08. The Hall–Kier alpha value is -1.59. The van der Waals surface area contributed by atoms with Crippen LogP contribution in [0.1, 0.15) is 329 Å². The molecule has 64 heavy (non-hydrogen) atoms. The summed E-state index contributed by atoms with van der Waals surface area (Å²) in [5.74, 6) is 0.0339. The van der Waals surface area contributed by atoms with Crippen molar-refractivity contribution in [3.63, 3.8) is 0 Å². The molecule has 0 amide bonds. The Bertz CT molecular complexity index is 966. The zero-order chi connectivity index (χ0) is 46.7. The van der Waals surface area contributed by atoms with Crippen molar-refractivity contribution in [3.05, 3.63) is 0 Å². The molecule has 2 atom stereocenters.